The fraction of sp³-hybridized carbons (Fsp3) is 0.414. The molecule has 0 heterocycles. The molecule has 0 saturated carbocycles. The summed E-state index contributed by atoms with van der Waals surface area (Å²) >= 11 is 0. The Hall–Kier alpha value is -2.85. The second kappa shape index (κ2) is 11.3. The van der Waals surface area contributed by atoms with Gasteiger partial charge in [0, 0.05) is 24.3 Å². The highest BCUT2D eigenvalue weighted by Gasteiger charge is 2.32. The molecule has 2 aromatic carbocycles. The number of carbonyl (C=O) groups excluding carboxylic acids is 1. The first kappa shape index (κ1) is 24.8. The maximum absolute atomic E-state index is 12.2. The van der Waals surface area contributed by atoms with Crippen LogP contribution in [0.4, 0.5) is 11.4 Å². The molecule has 1 aliphatic carbocycles. The van der Waals surface area contributed by atoms with Crippen molar-refractivity contribution in [3.63, 3.8) is 0 Å². The van der Waals surface area contributed by atoms with Crippen LogP contribution >= 0.6 is 0 Å². The number of anilines is 2. The van der Waals surface area contributed by atoms with E-state index in [1.165, 1.54) is 24.1 Å². The Morgan fingerprint density at radius 1 is 1.03 bits per heavy atom. The Morgan fingerprint density at radius 3 is 2.36 bits per heavy atom. The van der Waals surface area contributed by atoms with E-state index in [4.69, 9.17) is 0 Å². The van der Waals surface area contributed by atoms with E-state index >= 15 is 0 Å². The minimum Gasteiger partial charge on any atom is -0.381 e. The molecule has 0 spiro atoms. The molecule has 0 aromatic heterocycles. The van der Waals surface area contributed by atoms with Gasteiger partial charge in [-0.3, -0.25) is 4.79 Å². The Morgan fingerprint density at radius 2 is 1.76 bits per heavy atom. The van der Waals surface area contributed by atoms with Crippen molar-refractivity contribution in [1.82, 2.24) is 0 Å². The van der Waals surface area contributed by atoms with E-state index in [9.17, 15) is 9.90 Å². The van der Waals surface area contributed by atoms with E-state index in [0.717, 1.165) is 54.7 Å². The van der Waals surface area contributed by atoms with Crippen LogP contribution in [0.2, 0.25) is 0 Å². The minimum atomic E-state index is -1.14. The average molecular weight is 447 g/mol. The van der Waals surface area contributed by atoms with Crippen molar-refractivity contribution in [1.29, 1.82) is 0 Å². The molecule has 0 aliphatic heterocycles. The number of carbonyl (C=O) groups is 1. The lowest BCUT2D eigenvalue weighted by molar-refractivity contribution is -0.107. The van der Waals surface area contributed by atoms with E-state index in [1.54, 1.807) is 4.90 Å². The Bertz CT molecular complexity index is 989. The van der Waals surface area contributed by atoms with Gasteiger partial charge in [0.2, 0.25) is 6.41 Å². The zero-order valence-electron chi connectivity index (χ0n) is 20.6. The maximum Gasteiger partial charge on any atom is 0.214 e. The van der Waals surface area contributed by atoms with E-state index < -0.39 is 5.60 Å². The number of nitrogens with zero attached hydrogens (tertiary/aromatic N) is 2. The van der Waals surface area contributed by atoms with Gasteiger partial charge in [0.15, 0.2) is 0 Å². The molecule has 33 heavy (non-hydrogen) atoms. The highest BCUT2D eigenvalue weighted by atomic mass is 16.3. The molecule has 1 amide bonds. The van der Waals surface area contributed by atoms with Gasteiger partial charge in [-0.05, 0) is 69.4 Å². The van der Waals surface area contributed by atoms with Crippen LogP contribution in [0.25, 0.3) is 0 Å². The molecule has 3 rings (SSSR count). The van der Waals surface area contributed by atoms with E-state index in [-0.39, 0.29) is 0 Å². The molecule has 1 atom stereocenters. The Kier molecular flexibility index (Phi) is 8.51. The number of aliphatic hydroxyl groups is 1. The third kappa shape index (κ3) is 5.94. The van der Waals surface area contributed by atoms with Crippen LogP contribution in [0.5, 0.6) is 0 Å². The number of allylic oxidation sites excluding steroid dienone is 3. The number of rotatable bonds is 11. The van der Waals surface area contributed by atoms with Crippen LogP contribution in [-0.4, -0.2) is 24.6 Å². The molecule has 0 radical (unpaired) electrons. The van der Waals surface area contributed by atoms with Gasteiger partial charge in [-0.15, -0.1) is 0 Å². The third-order valence-corrected chi connectivity index (χ3v) is 6.67. The Labute approximate surface area is 199 Å². The number of hydrogen-bond donors (Lipinski definition) is 1. The van der Waals surface area contributed by atoms with Gasteiger partial charge in [-0.25, -0.2) is 0 Å². The molecule has 1 unspecified atom stereocenters. The molecule has 0 bridgehead atoms. The summed E-state index contributed by atoms with van der Waals surface area (Å²) in [6.45, 7) is 10.8. The lowest BCUT2D eigenvalue weighted by atomic mass is 9.81. The average Bonchev–Trinajstić information content (AvgIpc) is 2.84. The van der Waals surface area contributed by atoms with Crippen molar-refractivity contribution >= 4 is 17.8 Å². The lowest BCUT2D eigenvalue weighted by Crippen LogP contribution is -2.30. The molecular weight excluding hydrogens is 408 g/mol. The molecular formula is C29H38N2O2. The first-order chi connectivity index (χ1) is 15.9. The van der Waals surface area contributed by atoms with Crippen LogP contribution < -0.4 is 9.80 Å². The van der Waals surface area contributed by atoms with Gasteiger partial charge >= 0.3 is 0 Å². The fourth-order valence-electron chi connectivity index (χ4n) is 4.46. The van der Waals surface area contributed by atoms with Crippen LogP contribution in [0, 0.1) is 0 Å². The molecule has 4 nitrogen and oxygen atoms in total. The van der Waals surface area contributed by atoms with Crippen molar-refractivity contribution in [2.75, 3.05) is 22.9 Å². The summed E-state index contributed by atoms with van der Waals surface area (Å²) in [6, 6.07) is 16.2. The predicted octanol–water partition coefficient (Wildman–Crippen LogP) is 6.35. The zero-order chi connectivity index (χ0) is 23.8. The number of amides is 1. The van der Waals surface area contributed by atoms with Crippen molar-refractivity contribution in [3.8, 4) is 0 Å². The highest BCUT2D eigenvalue weighted by Crippen LogP contribution is 2.39. The van der Waals surface area contributed by atoms with Crippen molar-refractivity contribution in [3.05, 3.63) is 83.0 Å². The summed E-state index contributed by atoms with van der Waals surface area (Å²) in [7, 11) is 0. The summed E-state index contributed by atoms with van der Waals surface area (Å²) in [5.74, 6) is 0. The van der Waals surface area contributed by atoms with E-state index in [0.29, 0.717) is 6.54 Å². The molecule has 176 valence electrons. The summed E-state index contributed by atoms with van der Waals surface area (Å²) < 4.78 is 0. The molecule has 0 saturated heterocycles. The number of para-hydroxylation sites is 1. The largest absolute Gasteiger partial charge is 0.381 e. The van der Waals surface area contributed by atoms with Gasteiger partial charge in [0.1, 0.15) is 5.60 Å². The lowest BCUT2D eigenvalue weighted by Gasteiger charge is -2.33. The highest BCUT2D eigenvalue weighted by molar-refractivity contribution is 5.78. The molecule has 0 fully saturated rings. The molecule has 1 N–H and O–H groups in total. The summed E-state index contributed by atoms with van der Waals surface area (Å²) in [4.78, 5) is 16.2. The second-order valence-electron chi connectivity index (χ2n) is 9.13. The monoisotopic (exact) mass is 446 g/mol. The van der Waals surface area contributed by atoms with Gasteiger partial charge < -0.3 is 14.9 Å². The molecule has 4 heteroatoms. The molecule has 1 aliphatic rings. The summed E-state index contributed by atoms with van der Waals surface area (Å²) in [5, 5.41) is 11.5. The number of hydrogen-bond acceptors (Lipinski definition) is 3. The van der Waals surface area contributed by atoms with Crippen molar-refractivity contribution in [2.24, 2.45) is 0 Å². The van der Waals surface area contributed by atoms with Gasteiger partial charge in [0.05, 0.1) is 12.2 Å². The van der Waals surface area contributed by atoms with E-state index in [1.807, 2.05) is 37.3 Å². The normalized spacial score (nSPS) is 15.3. The summed E-state index contributed by atoms with van der Waals surface area (Å²) in [5.41, 5.74) is 4.92. The van der Waals surface area contributed by atoms with Gasteiger partial charge in [-0.2, -0.15) is 0 Å². The van der Waals surface area contributed by atoms with Crippen molar-refractivity contribution in [2.45, 2.75) is 65.5 Å². The predicted molar refractivity (Wildman–Crippen MR) is 139 cm³/mol. The maximum atomic E-state index is 12.2. The van der Waals surface area contributed by atoms with Crippen molar-refractivity contribution < 1.29 is 9.90 Å². The second-order valence-corrected chi connectivity index (χ2v) is 9.13. The van der Waals surface area contributed by atoms with Crippen LogP contribution in [0.3, 0.4) is 0 Å². The standard InChI is InChI=1S/C29H38N2O2/c1-5-7-20-30(6-2)26-18-14-24(15-19-26)21-31(22-32)28-11-9-8-10-27(28)29(4,33)25-16-12-23(3)13-17-25/h8-12,14-16,18-19,22,33H,5-7,13,17,20-21H2,1-4H3. The quantitative estimate of drug-likeness (QED) is 0.409. The Balaban J connectivity index is 1.84. The number of benzene rings is 2. The fourth-order valence-corrected chi connectivity index (χ4v) is 4.46. The zero-order valence-corrected chi connectivity index (χ0v) is 20.6. The van der Waals surface area contributed by atoms with Crippen LogP contribution in [0.15, 0.2) is 71.8 Å². The van der Waals surface area contributed by atoms with E-state index in [2.05, 4.69) is 56.0 Å². The van der Waals surface area contributed by atoms with Gasteiger partial charge in [-0.1, -0.05) is 61.4 Å². The number of unbranched alkanes of at least 4 members (excludes halogenated alkanes) is 1. The smallest absolute Gasteiger partial charge is 0.214 e. The summed E-state index contributed by atoms with van der Waals surface area (Å²) in [6.07, 6.45) is 9.09. The van der Waals surface area contributed by atoms with Crippen LogP contribution in [0.1, 0.15) is 64.5 Å². The SMILES string of the molecule is CCCCN(CC)c1ccc(CN(C=O)c2ccccc2C(C)(O)C2=CC=C(C)CC2)cc1. The third-order valence-electron chi connectivity index (χ3n) is 6.67. The van der Waals surface area contributed by atoms with Gasteiger partial charge in [0.25, 0.3) is 0 Å². The first-order valence-corrected chi connectivity index (χ1v) is 12.1. The first-order valence-electron chi connectivity index (χ1n) is 12.1. The van der Waals surface area contributed by atoms with Crippen LogP contribution in [-0.2, 0) is 16.9 Å². The minimum absolute atomic E-state index is 0.454. The topological polar surface area (TPSA) is 43.8 Å². The molecule has 2 aromatic rings.